The highest BCUT2D eigenvalue weighted by molar-refractivity contribution is 5.50. The maximum Gasteiger partial charge on any atom is 0.226 e. The quantitative estimate of drug-likeness (QED) is 0.623. The second-order valence-electron chi connectivity index (χ2n) is 7.32. The Morgan fingerprint density at radius 2 is 1.58 bits per heavy atom. The highest BCUT2D eigenvalue weighted by atomic mass is 16.5. The summed E-state index contributed by atoms with van der Waals surface area (Å²) >= 11 is 0. The smallest absolute Gasteiger partial charge is 0.226 e. The van der Waals surface area contributed by atoms with Gasteiger partial charge in [-0.05, 0) is 42.0 Å². The van der Waals surface area contributed by atoms with Crippen molar-refractivity contribution in [3.63, 3.8) is 0 Å². The van der Waals surface area contributed by atoms with Crippen LogP contribution in [0.1, 0.15) is 22.5 Å². The van der Waals surface area contributed by atoms with E-state index in [1.807, 2.05) is 24.3 Å². The molecule has 0 bridgehead atoms. The number of hydrogen-bond donors (Lipinski definition) is 2. The van der Waals surface area contributed by atoms with Crippen LogP contribution in [0, 0.1) is 11.8 Å². The fourth-order valence-electron chi connectivity index (χ4n) is 3.28. The van der Waals surface area contributed by atoms with E-state index in [-0.39, 0.29) is 18.1 Å². The summed E-state index contributed by atoms with van der Waals surface area (Å²) in [5.74, 6) is 6.21. The molecule has 0 unspecified atom stereocenters. The van der Waals surface area contributed by atoms with Gasteiger partial charge in [0.25, 0.3) is 0 Å². The molecule has 0 amide bonds. The molecule has 0 saturated carbocycles. The van der Waals surface area contributed by atoms with Crippen molar-refractivity contribution >= 4 is 5.69 Å². The molecule has 1 aliphatic rings. The fraction of sp³-hybridized carbons (Fsp3) is 0.240. The monoisotopic (exact) mass is 416 g/mol. The molecular weight excluding hydrogens is 392 g/mol. The number of anilines is 1. The van der Waals surface area contributed by atoms with Crippen molar-refractivity contribution in [2.45, 2.75) is 13.1 Å². The molecule has 4 rings (SSSR count). The van der Waals surface area contributed by atoms with Crippen LogP contribution in [0.15, 0.2) is 70.1 Å². The molecule has 2 heterocycles. The summed E-state index contributed by atoms with van der Waals surface area (Å²) in [7, 11) is 0. The van der Waals surface area contributed by atoms with Gasteiger partial charge in [-0.25, -0.2) is 0 Å². The van der Waals surface area contributed by atoms with Gasteiger partial charge in [-0.1, -0.05) is 24.0 Å². The minimum Gasteiger partial charge on any atom is -0.502 e. The van der Waals surface area contributed by atoms with Gasteiger partial charge in [-0.2, -0.15) is 0 Å². The van der Waals surface area contributed by atoms with Gasteiger partial charge in [-0.15, -0.1) is 0 Å². The lowest BCUT2D eigenvalue weighted by Crippen LogP contribution is -2.35. The van der Waals surface area contributed by atoms with Crippen LogP contribution in [0.4, 0.5) is 5.69 Å². The zero-order chi connectivity index (χ0) is 21.5. The average Bonchev–Trinajstić information content (AvgIpc) is 2.81. The molecule has 3 aromatic rings. The molecule has 6 nitrogen and oxygen atoms in total. The normalized spacial score (nSPS) is 13.9. The number of aromatic hydroxyl groups is 1. The average molecular weight is 416 g/mol. The SMILES string of the molecule is O=c1ccoc(CNc2ccc(C#Cc3ccc(CN4CCOCC4)cc3)cc2)c1O. The predicted octanol–water partition coefficient (Wildman–Crippen LogP) is 3.19. The second-order valence-corrected chi connectivity index (χ2v) is 7.32. The summed E-state index contributed by atoms with van der Waals surface area (Å²) < 4.78 is 10.6. The van der Waals surface area contributed by atoms with Gasteiger partial charge < -0.3 is 19.6 Å². The molecule has 1 aromatic heterocycles. The van der Waals surface area contributed by atoms with Crippen LogP contribution in [0.5, 0.6) is 5.75 Å². The van der Waals surface area contributed by atoms with Gasteiger partial charge in [0, 0.05) is 42.5 Å². The van der Waals surface area contributed by atoms with E-state index in [4.69, 9.17) is 9.15 Å². The number of nitrogens with one attached hydrogen (secondary N) is 1. The van der Waals surface area contributed by atoms with Crippen molar-refractivity contribution in [2.24, 2.45) is 0 Å². The third-order valence-electron chi connectivity index (χ3n) is 5.08. The van der Waals surface area contributed by atoms with Gasteiger partial charge in [0.1, 0.15) is 0 Å². The van der Waals surface area contributed by atoms with Crippen molar-refractivity contribution in [1.29, 1.82) is 0 Å². The van der Waals surface area contributed by atoms with Crippen LogP contribution in [-0.4, -0.2) is 36.3 Å². The van der Waals surface area contributed by atoms with Gasteiger partial charge in [0.2, 0.25) is 11.2 Å². The summed E-state index contributed by atoms with van der Waals surface area (Å²) in [4.78, 5) is 13.8. The van der Waals surface area contributed by atoms with E-state index in [1.165, 1.54) is 17.9 Å². The van der Waals surface area contributed by atoms with Crippen LogP contribution in [0.3, 0.4) is 0 Å². The number of nitrogens with zero attached hydrogens (tertiary/aromatic N) is 1. The van der Waals surface area contributed by atoms with E-state index in [1.54, 1.807) is 0 Å². The first-order valence-electron chi connectivity index (χ1n) is 10.2. The van der Waals surface area contributed by atoms with Crippen LogP contribution < -0.4 is 10.7 Å². The number of morpholine rings is 1. The summed E-state index contributed by atoms with van der Waals surface area (Å²) in [6.45, 7) is 4.73. The van der Waals surface area contributed by atoms with Gasteiger partial charge in [0.05, 0.1) is 26.0 Å². The maximum atomic E-state index is 11.4. The molecule has 1 saturated heterocycles. The Morgan fingerprint density at radius 3 is 2.26 bits per heavy atom. The lowest BCUT2D eigenvalue weighted by atomic mass is 10.1. The largest absolute Gasteiger partial charge is 0.502 e. The molecule has 1 aliphatic heterocycles. The summed E-state index contributed by atoms with van der Waals surface area (Å²) in [5, 5.41) is 12.8. The molecule has 6 heteroatoms. The molecule has 31 heavy (non-hydrogen) atoms. The Hall–Kier alpha value is -3.53. The summed E-state index contributed by atoms with van der Waals surface area (Å²) in [6, 6.07) is 17.2. The van der Waals surface area contributed by atoms with E-state index < -0.39 is 5.43 Å². The highest BCUT2D eigenvalue weighted by Gasteiger charge is 2.10. The van der Waals surface area contributed by atoms with Crippen molar-refractivity contribution in [3.8, 4) is 17.6 Å². The van der Waals surface area contributed by atoms with Crippen molar-refractivity contribution in [1.82, 2.24) is 4.90 Å². The third-order valence-corrected chi connectivity index (χ3v) is 5.08. The van der Waals surface area contributed by atoms with Gasteiger partial charge in [-0.3, -0.25) is 9.69 Å². The van der Waals surface area contributed by atoms with E-state index in [9.17, 15) is 9.90 Å². The van der Waals surface area contributed by atoms with Gasteiger partial charge in [0.15, 0.2) is 5.76 Å². The number of rotatable bonds is 5. The second kappa shape index (κ2) is 9.98. The molecule has 0 spiro atoms. The lowest BCUT2D eigenvalue weighted by Gasteiger charge is -2.26. The molecule has 158 valence electrons. The van der Waals surface area contributed by atoms with Crippen molar-refractivity contribution in [3.05, 3.63) is 93.5 Å². The van der Waals surface area contributed by atoms with E-state index in [0.29, 0.717) is 0 Å². The molecule has 2 N–H and O–H groups in total. The molecule has 1 fully saturated rings. The fourth-order valence-corrected chi connectivity index (χ4v) is 3.28. The first-order valence-corrected chi connectivity index (χ1v) is 10.2. The highest BCUT2D eigenvalue weighted by Crippen LogP contribution is 2.15. The van der Waals surface area contributed by atoms with E-state index in [0.717, 1.165) is 49.7 Å². The first-order chi connectivity index (χ1) is 15.2. The number of ether oxygens (including phenoxy) is 1. The lowest BCUT2D eigenvalue weighted by molar-refractivity contribution is 0.0342. The molecule has 0 atom stereocenters. The Labute approximate surface area is 181 Å². The van der Waals surface area contributed by atoms with Crippen LogP contribution in [0.2, 0.25) is 0 Å². The van der Waals surface area contributed by atoms with Crippen LogP contribution in [-0.2, 0) is 17.8 Å². The zero-order valence-corrected chi connectivity index (χ0v) is 17.1. The standard InChI is InChI=1S/C25H24N2O4/c28-23-11-14-31-24(25(23)29)17-26-22-9-7-20(8-10-22)2-1-19-3-5-21(6-4-19)18-27-12-15-30-16-13-27/h3-11,14,26,29H,12-13,15-18H2. The molecular formula is C25H24N2O4. The predicted molar refractivity (Wildman–Crippen MR) is 119 cm³/mol. The Kier molecular flexibility index (Phi) is 6.68. The number of hydrogen-bond acceptors (Lipinski definition) is 6. The molecule has 2 aromatic carbocycles. The topological polar surface area (TPSA) is 74.9 Å². The minimum atomic E-state index is -0.456. The van der Waals surface area contributed by atoms with Crippen LogP contribution >= 0.6 is 0 Å². The van der Waals surface area contributed by atoms with Crippen molar-refractivity contribution in [2.75, 3.05) is 31.6 Å². The molecule has 0 radical (unpaired) electrons. The first kappa shape index (κ1) is 20.7. The van der Waals surface area contributed by atoms with E-state index >= 15 is 0 Å². The maximum absolute atomic E-state index is 11.4. The summed E-state index contributed by atoms with van der Waals surface area (Å²) in [6.07, 6.45) is 1.27. The van der Waals surface area contributed by atoms with Gasteiger partial charge >= 0.3 is 0 Å². The van der Waals surface area contributed by atoms with Crippen LogP contribution in [0.25, 0.3) is 0 Å². The summed E-state index contributed by atoms with van der Waals surface area (Å²) in [5.41, 5.74) is 3.54. The third kappa shape index (κ3) is 5.76. The number of benzene rings is 2. The zero-order valence-electron chi connectivity index (χ0n) is 17.1. The Morgan fingerprint density at radius 1 is 0.935 bits per heavy atom. The Balaban J connectivity index is 1.33. The van der Waals surface area contributed by atoms with Crippen molar-refractivity contribution < 1.29 is 14.3 Å². The molecule has 0 aliphatic carbocycles. The Bertz CT molecular complexity index is 1120. The van der Waals surface area contributed by atoms with E-state index in [2.05, 4.69) is 46.3 Å². The minimum absolute atomic E-state index is 0.202.